The highest BCUT2D eigenvalue weighted by Gasteiger charge is 2.36. The number of aromatic hydroxyl groups is 1. The molecule has 4 nitrogen and oxygen atoms in total. The third-order valence-corrected chi connectivity index (χ3v) is 4.42. The van der Waals surface area contributed by atoms with Crippen molar-refractivity contribution in [1.29, 1.82) is 0 Å². The Morgan fingerprint density at radius 2 is 1.83 bits per heavy atom. The van der Waals surface area contributed by atoms with E-state index in [1.165, 1.54) is 0 Å². The highest BCUT2D eigenvalue weighted by Crippen LogP contribution is 2.38. The Morgan fingerprint density at radius 3 is 2.39 bits per heavy atom. The second-order valence-corrected chi connectivity index (χ2v) is 5.97. The van der Waals surface area contributed by atoms with E-state index in [-0.39, 0.29) is 17.7 Å². The third kappa shape index (κ3) is 3.16. The molecule has 0 saturated heterocycles. The van der Waals surface area contributed by atoms with Crippen molar-refractivity contribution in [3.63, 3.8) is 0 Å². The summed E-state index contributed by atoms with van der Waals surface area (Å²) < 4.78 is 5.19. The van der Waals surface area contributed by atoms with Gasteiger partial charge in [0.15, 0.2) is 0 Å². The predicted octanol–water partition coefficient (Wildman–Crippen LogP) is 3.85. The molecule has 0 heterocycles. The second kappa shape index (κ2) is 6.32. The number of para-hydroxylation sites is 1. The molecular formula is C19H21NO3. The van der Waals surface area contributed by atoms with Crippen LogP contribution in [0.5, 0.6) is 11.5 Å². The first-order chi connectivity index (χ1) is 11.1. The molecule has 1 N–H and O–H groups in total. The zero-order valence-electron chi connectivity index (χ0n) is 13.4. The number of phenols is 1. The predicted molar refractivity (Wildman–Crippen MR) is 90.1 cm³/mol. The smallest absolute Gasteiger partial charge is 0.262 e. The Hall–Kier alpha value is -2.49. The molecule has 2 aromatic carbocycles. The first kappa shape index (κ1) is 15.4. The molecule has 4 heteroatoms. The van der Waals surface area contributed by atoms with Crippen LogP contribution in [0.15, 0.2) is 48.5 Å². The fraction of sp³-hybridized carbons (Fsp3) is 0.316. The summed E-state index contributed by atoms with van der Waals surface area (Å²) in [5.74, 6) is 1.11. The van der Waals surface area contributed by atoms with Crippen LogP contribution in [0.2, 0.25) is 0 Å². The highest BCUT2D eigenvalue weighted by molar-refractivity contribution is 6.08. The van der Waals surface area contributed by atoms with Crippen LogP contribution < -0.4 is 9.64 Å². The zero-order valence-corrected chi connectivity index (χ0v) is 13.4. The van der Waals surface area contributed by atoms with Gasteiger partial charge in [-0.2, -0.15) is 0 Å². The zero-order chi connectivity index (χ0) is 16.4. The first-order valence-corrected chi connectivity index (χ1v) is 7.87. The van der Waals surface area contributed by atoms with Gasteiger partial charge in [0, 0.05) is 11.7 Å². The van der Waals surface area contributed by atoms with E-state index < -0.39 is 0 Å². The molecular weight excluding hydrogens is 290 g/mol. The number of carbonyl (C=O) groups excluding carboxylic acids is 1. The molecule has 2 aromatic rings. The van der Waals surface area contributed by atoms with Crippen LogP contribution in [0, 0.1) is 5.92 Å². The van der Waals surface area contributed by atoms with E-state index in [0.717, 1.165) is 24.3 Å². The minimum absolute atomic E-state index is 0.0130. The van der Waals surface area contributed by atoms with E-state index in [9.17, 15) is 9.90 Å². The van der Waals surface area contributed by atoms with E-state index in [1.807, 2.05) is 24.3 Å². The Bertz CT molecular complexity index is 692. The minimum Gasteiger partial charge on any atom is -0.507 e. The normalized spacial score (nSPS) is 15.0. The van der Waals surface area contributed by atoms with Gasteiger partial charge in [0.25, 0.3) is 5.91 Å². The number of hydrogen-bond donors (Lipinski definition) is 1. The van der Waals surface area contributed by atoms with Crippen LogP contribution >= 0.6 is 0 Å². The second-order valence-electron chi connectivity index (χ2n) is 5.97. The topological polar surface area (TPSA) is 49.8 Å². The van der Waals surface area contributed by atoms with Crippen LogP contribution in [-0.2, 0) is 0 Å². The summed E-state index contributed by atoms with van der Waals surface area (Å²) in [4.78, 5) is 14.8. The highest BCUT2D eigenvalue weighted by atomic mass is 16.5. The van der Waals surface area contributed by atoms with Crippen molar-refractivity contribution in [3.8, 4) is 11.5 Å². The number of ether oxygens (including phenoxy) is 1. The van der Waals surface area contributed by atoms with Crippen molar-refractivity contribution in [2.75, 3.05) is 12.0 Å². The molecule has 0 radical (unpaired) electrons. The SMILES string of the molecule is COc1ccc(N(C(=O)c2ccccc2O)[C@@H](C)C2CC2)cc1. The maximum Gasteiger partial charge on any atom is 0.262 e. The number of anilines is 1. The Kier molecular flexibility index (Phi) is 4.24. The lowest BCUT2D eigenvalue weighted by molar-refractivity contribution is 0.0973. The summed E-state index contributed by atoms with van der Waals surface area (Å²) in [6, 6.07) is 14.2. The maximum absolute atomic E-state index is 13.0. The van der Waals surface area contributed by atoms with Gasteiger partial charge in [-0.15, -0.1) is 0 Å². The molecule has 0 aromatic heterocycles. The molecule has 1 atom stereocenters. The first-order valence-electron chi connectivity index (χ1n) is 7.87. The Balaban J connectivity index is 1.97. The van der Waals surface area contributed by atoms with Crippen LogP contribution in [-0.4, -0.2) is 24.2 Å². The number of methoxy groups -OCH3 is 1. The van der Waals surface area contributed by atoms with Crippen molar-refractivity contribution >= 4 is 11.6 Å². The lowest BCUT2D eigenvalue weighted by Crippen LogP contribution is -2.40. The quantitative estimate of drug-likeness (QED) is 0.912. The molecule has 23 heavy (non-hydrogen) atoms. The molecule has 120 valence electrons. The Labute approximate surface area is 136 Å². The van der Waals surface area contributed by atoms with Crippen molar-refractivity contribution < 1.29 is 14.6 Å². The fourth-order valence-corrected chi connectivity index (χ4v) is 2.85. The summed E-state index contributed by atoms with van der Waals surface area (Å²) in [7, 11) is 1.62. The van der Waals surface area contributed by atoms with Gasteiger partial charge in [-0.3, -0.25) is 4.79 Å². The van der Waals surface area contributed by atoms with E-state index in [4.69, 9.17) is 4.74 Å². The minimum atomic E-state index is -0.173. The average molecular weight is 311 g/mol. The van der Waals surface area contributed by atoms with Gasteiger partial charge in [-0.05, 0) is 62.1 Å². The van der Waals surface area contributed by atoms with Crippen molar-refractivity contribution in [1.82, 2.24) is 0 Å². The standard InChI is InChI=1S/C19H21NO3/c1-13(14-7-8-14)20(15-9-11-16(23-2)12-10-15)19(22)17-5-3-4-6-18(17)21/h3-6,9-14,21H,7-8H2,1-2H3/t13-/m0/s1. The third-order valence-electron chi connectivity index (χ3n) is 4.42. The average Bonchev–Trinajstić information content (AvgIpc) is 3.41. The molecule has 1 aliphatic rings. The van der Waals surface area contributed by atoms with E-state index >= 15 is 0 Å². The summed E-state index contributed by atoms with van der Waals surface area (Å²) in [6.07, 6.45) is 2.28. The lowest BCUT2D eigenvalue weighted by Gasteiger charge is -2.30. The van der Waals surface area contributed by atoms with Gasteiger partial charge < -0.3 is 14.7 Å². The molecule has 1 aliphatic carbocycles. The van der Waals surface area contributed by atoms with Gasteiger partial charge in [-0.25, -0.2) is 0 Å². The molecule has 1 amide bonds. The van der Waals surface area contributed by atoms with Crippen molar-refractivity contribution in [2.45, 2.75) is 25.8 Å². The van der Waals surface area contributed by atoms with Crippen LogP contribution in [0.3, 0.4) is 0 Å². The van der Waals surface area contributed by atoms with Gasteiger partial charge >= 0.3 is 0 Å². The molecule has 1 fully saturated rings. The molecule has 1 saturated carbocycles. The molecule has 3 rings (SSSR count). The van der Waals surface area contributed by atoms with Crippen molar-refractivity contribution in [3.05, 3.63) is 54.1 Å². The molecule has 0 aliphatic heterocycles. The van der Waals surface area contributed by atoms with Gasteiger partial charge in [0.2, 0.25) is 0 Å². The van der Waals surface area contributed by atoms with Crippen LogP contribution in [0.1, 0.15) is 30.1 Å². The van der Waals surface area contributed by atoms with Crippen LogP contribution in [0.4, 0.5) is 5.69 Å². The molecule has 0 unspecified atom stereocenters. The van der Waals surface area contributed by atoms with Gasteiger partial charge in [-0.1, -0.05) is 12.1 Å². The van der Waals surface area contributed by atoms with Gasteiger partial charge in [0.1, 0.15) is 11.5 Å². The maximum atomic E-state index is 13.0. The Morgan fingerprint density at radius 1 is 1.17 bits per heavy atom. The van der Waals surface area contributed by atoms with Crippen molar-refractivity contribution in [2.24, 2.45) is 5.92 Å². The number of nitrogens with zero attached hydrogens (tertiary/aromatic N) is 1. The van der Waals surface area contributed by atoms with E-state index in [2.05, 4.69) is 6.92 Å². The monoisotopic (exact) mass is 311 g/mol. The number of hydrogen-bond acceptors (Lipinski definition) is 3. The largest absolute Gasteiger partial charge is 0.507 e. The summed E-state index contributed by atoms with van der Waals surface area (Å²) in [5, 5.41) is 10.0. The molecule has 0 bridgehead atoms. The summed E-state index contributed by atoms with van der Waals surface area (Å²) in [6.45, 7) is 2.07. The number of benzene rings is 2. The number of rotatable bonds is 5. The number of amides is 1. The fourth-order valence-electron chi connectivity index (χ4n) is 2.85. The van der Waals surface area contributed by atoms with E-state index in [0.29, 0.717) is 11.5 Å². The number of carbonyl (C=O) groups is 1. The van der Waals surface area contributed by atoms with Gasteiger partial charge in [0.05, 0.1) is 12.7 Å². The van der Waals surface area contributed by atoms with E-state index in [1.54, 1.807) is 36.3 Å². The van der Waals surface area contributed by atoms with Crippen LogP contribution in [0.25, 0.3) is 0 Å². The summed E-state index contributed by atoms with van der Waals surface area (Å²) >= 11 is 0. The lowest BCUT2D eigenvalue weighted by atomic mass is 10.1. The number of phenolic OH excluding ortho intramolecular Hbond substituents is 1. The summed E-state index contributed by atoms with van der Waals surface area (Å²) in [5.41, 5.74) is 1.15. The molecule has 0 spiro atoms.